The van der Waals surface area contributed by atoms with Crippen molar-refractivity contribution in [2.75, 3.05) is 40.4 Å². The maximum atomic E-state index is 5.22. The normalized spacial score (nSPS) is 17.1. The second kappa shape index (κ2) is 8.90. The molecular formula is C14H32N2O. The average Bonchev–Trinajstić information content (AvgIpc) is 2.27. The van der Waals surface area contributed by atoms with E-state index >= 15 is 0 Å². The molecule has 0 heterocycles. The fourth-order valence-electron chi connectivity index (χ4n) is 2.38. The first-order valence-corrected chi connectivity index (χ1v) is 6.89. The standard InChI is InChI=1S/C14H32N2O/c1-7-9-14(4,11-15-8-2)12-16(5)13(3)10-17-6/h13,15H,7-12H2,1-6H3. The Morgan fingerprint density at radius 1 is 1.35 bits per heavy atom. The number of nitrogens with one attached hydrogen (secondary N) is 1. The molecule has 17 heavy (non-hydrogen) atoms. The molecule has 0 amide bonds. The topological polar surface area (TPSA) is 24.5 Å². The van der Waals surface area contributed by atoms with Crippen molar-refractivity contribution in [2.45, 2.75) is 46.6 Å². The molecule has 0 bridgehead atoms. The van der Waals surface area contributed by atoms with E-state index in [4.69, 9.17) is 4.74 Å². The van der Waals surface area contributed by atoms with E-state index in [-0.39, 0.29) is 0 Å². The van der Waals surface area contributed by atoms with Gasteiger partial charge in [-0.15, -0.1) is 0 Å². The Morgan fingerprint density at radius 3 is 2.47 bits per heavy atom. The Labute approximate surface area is 108 Å². The summed E-state index contributed by atoms with van der Waals surface area (Å²) in [7, 11) is 3.97. The molecule has 1 N–H and O–H groups in total. The summed E-state index contributed by atoms with van der Waals surface area (Å²) in [6.07, 6.45) is 2.51. The number of nitrogens with zero attached hydrogens (tertiary/aromatic N) is 1. The Morgan fingerprint density at radius 2 is 2.00 bits per heavy atom. The highest BCUT2D eigenvalue weighted by Crippen LogP contribution is 2.24. The number of ether oxygens (including phenoxy) is 1. The van der Waals surface area contributed by atoms with Gasteiger partial charge in [-0.3, -0.25) is 0 Å². The van der Waals surface area contributed by atoms with E-state index in [2.05, 4.69) is 45.0 Å². The highest BCUT2D eigenvalue weighted by atomic mass is 16.5. The van der Waals surface area contributed by atoms with Crippen LogP contribution in [0.4, 0.5) is 0 Å². The van der Waals surface area contributed by atoms with Crippen molar-refractivity contribution in [3.8, 4) is 0 Å². The van der Waals surface area contributed by atoms with Crippen molar-refractivity contribution in [3.63, 3.8) is 0 Å². The predicted octanol–water partition coefficient (Wildman–Crippen LogP) is 2.37. The molecule has 0 rings (SSSR count). The fraction of sp³-hybridized carbons (Fsp3) is 1.00. The van der Waals surface area contributed by atoms with Crippen LogP contribution in [-0.4, -0.2) is 51.3 Å². The molecule has 3 heteroatoms. The lowest BCUT2D eigenvalue weighted by Gasteiger charge is -2.36. The zero-order chi connectivity index (χ0) is 13.3. The van der Waals surface area contributed by atoms with Crippen molar-refractivity contribution in [3.05, 3.63) is 0 Å². The maximum Gasteiger partial charge on any atom is 0.0615 e. The predicted molar refractivity (Wildman–Crippen MR) is 75.5 cm³/mol. The maximum absolute atomic E-state index is 5.22. The number of rotatable bonds is 10. The number of likely N-dealkylation sites (N-methyl/N-ethyl adjacent to an activating group) is 1. The number of hydrogen-bond acceptors (Lipinski definition) is 3. The van der Waals surface area contributed by atoms with Crippen LogP contribution in [0.1, 0.15) is 40.5 Å². The molecule has 0 aliphatic carbocycles. The van der Waals surface area contributed by atoms with Gasteiger partial charge in [0, 0.05) is 26.2 Å². The van der Waals surface area contributed by atoms with Gasteiger partial charge in [0.1, 0.15) is 0 Å². The zero-order valence-corrected chi connectivity index (χ0v) is 12.7. The molecule has 0 aromatic heterocycles. The largest absolute Gasteiger partial charge is 0.383 e. The lowest BCUT2D eigenvalue weighted by molar-refractivity contribution is 0.0819. The van der Waals surface area contributed by atoms with Gasteiger partial charge in [0.05, 0.1) is 6.61 Å². The van der Waals surface area contributed by atoms with E-state index < -0.39 is 0 Å². The van der Waals surface area contributed by atoms with Crippen molar-refractivity contribution < 1.29 is 4.74 Å². The summed E-state index contributed by atoms with van der Waals surface area (Å²) in [6, 6.07) is 0.484. The van der Waals surface area contributed by atoms with Crippen LogP contribution in [0.2, 0.25) is 0 Å². The molecule has 0 fully saturated rings. The zero-order valence-electron chi connectivity index (χ0n) is 12.7. The summed E-state index contributed by atoms with van der Waals surface area (Å²) >= 11 is 0. The van der Waals surface area contributed by atoms with Gasteiger partial charge < -0.3 is 15.0 Å². The minimum absolute atomic E-state index is 0.363. The molecular weight excluding hydrogens is 212 g/mol. The highest BCUT2D eigenvalue weighted by Gasteiger charge is 2.26. The molecule has 0 saturated heterocycles. The van der Waals surface area contributed by atoms with Crippen LogP contribution >= 0.6 is 0 Å². The molecule has 0 radical (unpaired) electrons. The van der Waals surface area contributed by atoms with E-state index in [0.29, 0.717) is 11.5 Å². The van der Waals surface area contributed by atoms with Crippen molar-refractivity contribution in [1.29, 1.82) is 0 Å². The Bertz CT molecular complexity index is 187. The van der Waals surface area contributed by atoms with Gasteiger partial charge in [-0.25, -0.2) is 0 Å². The molecule has 104 valence electrons. The monoisotopic (exact) mass is 244 g/mol. The average molecular weight is 244 g/mol. The molecule has 0 spiro atoms. The summed E-state index contributed by atoms with van der Waals surface area (Å²) in [5, 5.41) is 3.49. The molecule has 0 aromatic rings. The number of hydrogen-bond donors (Lipinski definition) is 1. The van der Waals surface area contributed by atoms with Crippen LogP contribution in [0.15, 0.2) is 0 Å². The van der Waals surface area contributed by atoms with Crippen molar-refractivity contribution >= 4 is 0 Å². The SMILES string of the molecule is CCCC(C)(CNCC)CN(C)C(C)COC. The van der Waals surface area contributed by atoms with Crippen LogP contribution in [0.5, 0.6) is 0 Å². The molecule has 3 nitrogen and oxygen atoms in total. The first-order valence-electron chi connectivity index (χ1n) is 6.89. The van der Waals surface area contributed by atoms with Gasteiger partial charge in [0.15, 0.2) is 0 Å². The van der Waals surface area contributed by atoms with Gasteiger partial charge >= 0.3 is 0 Å². The highest BCUT2D eigenvalue weighted by molar-refractivity contribution is 4.81. The van der Waals surface area contributed by atoms with Gasteiger partial charge in [0.25, 0.3) is 0 Å². The van der Waals surface area contributed by atoms with Crippen molar-refractivity contribution in [2.24, 2.45) is 5.41 Å². The van der Waals surface area contributed by atoms with Gasteiger partial charge in [0.2, 0.25) is 0 Å². The Hall–Kier alpha value is -0.120. The lowest BCUT2D eigenvalue weighted by atomic mass is 9.84. The third-order valence-electron chi connectivity index (χ3n) is 3.45. The summed E-state index contributed by atoms with van der Waals surface area (Å²) < 4.78 is 5.22. The van der Waals surface area contributed by atoms with Crippen LogP contribution in [-0.2, 0) is 4.74 Å². The van der Waals surface area contributed by atoms with Gasteiger partial charge in [-0.05, 0) is 32.4 Å². The van der Waals surface area contributed by atoms with E-state index in [9.17, 15) is 0 Å². The third kappa shape index (κ3) is 7.02. The van der Waals surface area contributed by atoms with Crippen molar-refractivity contribution in [1.82, 2.24) is 10.2 Å². The summed E-state index contributed by atoms with van der Waals surface area (Å²) in [5.41, 5.74) is 0.363. The van der Waals surface area contributed by atoms with E-state index in [0.717, 1.165) is 26.2 Å². The molecule has 0 aromatic carbocycles. The Kier molecular flexibility index (Phi) is 8.83. The van der Waals surface area contributed by atoms with E-state index in [1.807, 2.05) is 0 Å². The van der Waals surface area contributed by atoms with Gasteiger partial charge in [-0.1, -0.05) is 27.2 Å². The lowest BCUT2D eigenvalue weighted by Crippen LogP contribution is -2.45. The quantitative estimate of drug-likeness (QED) is 0.638. The van der Waals surface area contributed by atoms with E-state index in [1.165, 1.54) is 12.8 Å². The summed E-state index contributed by atoms with van der Waals surface area (Å²) in [6.45, 7) is 13.1. The fourth-order valence-corrected chi connectivity index (χ4v) is 2.38. The van der Waals surface area contributed by atoms with Crippen LogP contribution in [0.3, 0.4) is 0 Å². The summed E-state index contributed by atoms with van der Waals surface area (Å²) in [4.78, 5) is 2.41. The minimum Gasteiger partial charge on any atom is -0.383 e. The summed E-state index contributed by atoms with van der Waals surface area (Å²) in [5.74, 6) is 0. The molecule has 0 aliphatic heterocycles. The minimum atomic E-state index is 0.363. The van der Waals surface area contributed by atoms with Crippen LogP contribution < -0.4 is 5.32 Å². The molecule has 2 unspecified atom stereocenters. The second-order valence-corrected chi connectivity index (χ2v) is 5.56. The Balaban J connectivity index is 4.30. The molecule has 2 atom stereocenters. The molecule has 0 aliphatic rings. The third-order valence-corrected chi connectivity index (χ3v) is 3.45. The first kappa shape index (κ1) is 16.9. The van der Waals surface area contributed by atoms with Crippen LogP contribution in [0.25, 0.3) is 0 Å². The van der Waals surface area contributed by atoms with Crippen LogP contribution in [0, 0.1) is 5.41 Å². The second-order valence-electron chi connectivity index (χ2n) is 5.56. The number of methoxy groups -OCH3 is 1. The molecule has 0 saturated carbocycles. The smallest absolute Gasteiger partial charge is 0.0615 e. The van der Waals surface area contributed by atoms with E-state index in [1.54, 1.807) is 7.11 Å². The first-order chi connectivity index (χ1) is 7.99. The van der Waals surface area contributed by atoms with Gasteiger partial charge in [-0.2, -0.15) is 0 Å².